The van der Waals surface area contributed by atoms with Gasteiger partial charge in [-0.2, -0.15) is 0 Å². The van der Waals surface area contributed by atoms with Gasteiger partial charge in [0.25, 0.3) is 0 Å². The lowest BCUT2D eigenvalue weighted by Gasteiger charge is -2.37. The van der Waals surface area contributed by atoms with Crippen molar-refractivity contribution >= 4 is 40.6 Å². The smallest absolute Gasteiger partial charge is 0.227 e. The molecule has 1 aliphatic rings. The summed E-state index contributed by atoms with van der Waals surface area (Å²) in [5.41, 5.74) is 5.59. The van der Waals surface area contributed by atoms with E-state index >= 15 is 0 Å². The zero-order valence-electron chi connectivity index (χ0n) is 23.9. The molecule has 0 bridgehead atoms. The fraction of sp³-hybridized carbons (Fsp3) is 0.278. The van der Waals surface area contributed by atoms with E-state index in [0.29, 0.717) is 34.5 Å². The fourth-order valence-electron chi connectivity index (χ4n) is 5.89. The van der Waals surface area contributed by atoms with Crippen LogP contribution >= 0.6 is 23.2 Å². The number of benzene rings is 4. The largest absolute Gasteiger partial charge is 0.372 e. The molecule has 0 spiro atoms. The van der Waals surface area contributed by atoms with Crippen molar-refractivity contribution in [1.29, 1.82) is 0 Å². The van der Waals surface area contributed by atoms with E-state index in [9.17, 15) is 9.59 Å². The van der Waals surface area contributed by atoms with Crippen LogP contribution in [0.15, 0.2) is 97.1 Å². The molecule has 216 valence electrons. The van der Waals surface area contributed by atoms with E-state index in [1.54, 1.807) is 12.1 Å². The molecule has 1 N–H and O–H groups in total. The second kappa shape index (κ2) is 14.0. The topological polar surface area (TPSA) is 49.4 Å². The second-order valence-corrected chi connectivity index (χ2v) is 11.8. The lowest BCUT2D eigenvalue weighted by molar-refractivity contribution is -0.124. The molecule has 4 aromatic carbocycles. The fourth-order valence-corrected chi connectivity index (χ4v) is 6.19. The molecule has 0 aliphatic carbocycles. The van der Waals surface area contributed by atoms with E-state index < -0.39 is 0 Å². The van der Waals surface area contributed by atoms with Gasteiger partial charge in [0.05, 0.1) is 16.0 Å². The highest BCUT2D eigenvalue weighted by atomic mass is 35.5. The molecule has 0 radical (unpaired) electrons. The van der Waals surface area contributed by atoms with Gasteiger partial charge in [-0.3, -0.25) is 9.59 Å². The SMILES string of the molecule is CCCNC(=O)C(c1ccccc1)C1CCN(c2ccc(CC(=O)c3ccccc3-c3ccc(Cl)c(Cl)c3)cc2)CC1. The Morgan fingerprint density at radius 3 is 2.24 bits per heavy atom. The summed E-state index contributed by atoms with van der Waals surface area (Å²) in [7, 11) is 0. The standard InChI is InChI=1S/C36H36Cl2N2O2/c1-2-20-39-36(42)35(26-8-4-3-5-9-26)27-18-21-40(22-19-27)29-15-12-25(13-16-29)23-34(41)31-11-7-6-10-30(31)28-14-17-32(37)33(38)24-28/h3-17,24,27,35H,2,18-23H2,1H3,(H,39,42). The second-order valence-electron chi connectivity index (χ2n) is 10.9. The molecule has 1 saturated heterocycles. The van der Waals surface area contributed by atoms with Gasteiger partial charge in [-0.15, -0.1) is 0 Å². The molecule has 0 aromatic heterocycles. The summed E-state index contributed by atoms with van der Waals surface area (Å²) < 4.78 is 0. The number of anilines is 1. The molecule has 1 heterocycles. The number of ketones is 1. The van der Waals surface area contributed by atoms with E-state index in [4.69, 9.17) is 23.2 Å². The number of carbonyl (C=O) groups excluding carboxylic acids is 2. The number of rotatable bonds is 10. The zero-order chi connectivity index (χ0) is 29.5. The molecule has 1 fully saturated rings. The number of amides is 1. The minimum absolute atomic E-state index is 0.0542. The molecule has 1 aliphatic heterocycles. The Hall–Kier alpha value is -3.60. The predicted octanol–water partition coefficient (Wildman–Crippen LogP) is 8.61. The minimum Gasteiger partial charge on any atom is -0.372 e. The number of nitrogens with zero attached hydrogens (tertiary/aromatic N) is 1. The molecule has 4 nitrogen and oxygen atoms in total. The molecule has 4 aromatic rings. The molecule has 0 saturated carbocycles. The van der Waals surface area contributed by atoms with Crippen molar-refractivity contribution in [2.45, 2.75) is 38.5 Å². The average molecular weight is 600 g/mol. The number of carbonyl (C=O) groups is 2. The number of halogens is 2. The summed E-state index contributed by atoms with van der Waals surface area (Å²) in [5.74, 6) is 0.364. The first-order valence-electron chi connectivity index (χ1n) is 14.7. The first kappa shape index (κ1) is 29.9. The third-order valence-electron chi connectivity index (χ3n) is 8.13. The van der Waals surface area contributed by atoms with Crippen LogP contribution in [0.2, 0.25) is 10.0 Å². The molecule has 6 heteroatoms. The normalized spacial score (nSPS) is 14.4. The van der Waals surface area contributed by atoms with Gasteiger partial charge in [-0.25, -0.2) is 0 Å². The Labute approximate surface area is 258 Å². The summed E-state index contributed by atoms with van der Waals surface area (Å²) in [4.78, 5) is 28.9. The molecule has 5 rings (SSSR count). The maximum absolute atomic E-state index is 13.4. The van der Waals surface area contributed by atoms with Crippen molar-refractivity contribution in [2.24, 2.45) is 5.92 Å². The van der Waals surface area contributed by atoms with Crippen LogP contribution in [0.4, 0.5) is 5.69 Å². The molecule has 1 amide bonds. The lowest BCUT2D eigenvalue weighted by Crippen LogP contribution is -2.40. The van der Waals surface area contributed by atoms with Gasteiger partial charge in [-0.05, 0) is 71.7 Å². The number of piperidine rings is 1. The average Bonchev–Trinajstić information content (AvgIpc) is 3.03. The van der Waals surface area contributed by atoms with Crippen LogP contribution in [0.5, 0.6) is 0 Å². The van der Waals surface area contributed by atoms with Crippen molar-refractivity contribution in [3.8, 4) is 11.1 Å². The van der Waals surface area contributed by atoms with E-state index in [1.165, 1.54) is 0 Å². The highest BCUT2D eigenvalue weighted by Gasteiger charge is 2.32. The van der Waals surface area contributed by atoms with Gasteiger partial charge < -0.3 is 10.2 Å². The van der Waals surface area contributed by atoms with Crippen LogP contribution in [-0.4, -0.2) is 31.3 Å². The van der Waals surface area contributed by atoms with Gasteiger partial charge in [0, 0.05) is 37.3 Å². The third kappa shape index (κ3) is 7.06. The molecule has 1 unspecified atom stereocenters. The highest BCUT2D eigenvalue weighted by Crippen LogP contribution is 2.35. The van der Waals surface area contributed by atoms with Crippen molar-refractivity contribution < 1.29 is 9.59 Å². The lowest BCUT2D eigenvalue weighted by atomic mass is 9.79. The predicted molar refractivity (Wildman–Crippen MR) is 174 cm³/mol. The van der Waals surface area contributed by atoms with Crippen LogP contribution < -0.4 is 10.2 Å². The van der Waals surface area contributed by atoms with Crippen molar-refractivity contribution in [2.75, 3.05) is 24.5 Å². The van der Waals surface area contributed by atoms with Crippen molar-refractivity contribution in [1.82, 2.24) is 5.32 Å². The number of hydrogen-bond donors (Lipinski definition) is 1. The van der Waals surface area contributed by atoms with Crippen LogP contribution in [0.25, 0.3) is 11.1 Å². The summed E-state index contributed by atoms with van der Waals surface area (Å²) in [5, 5.41) is 4.08. The number of nitrogens with one attached hydrogen (secondary N) is 1. The van der Waals surface area contributed by atoms with Crippen molar-refractivity contribution in [3.05, 3.63) is 124 Å². The molecular formula is C36H36Cl2N2O2. The number of hydrogen-bond acceptors (Lipinski definition) is 3. The van der Waals surface area contributed by atoms with Gasteiger partial charge in [0.2, 0.25) is 5.91 Å². The van der Waals surface area contributed by atoms with Gasteiger partial charge in [0.15, 0.2) is 5.78 Å². The Bertz CT molecular complexity index is 1510. The molecule has 42 heavy (non-hydrogen) atoms. The van der Waals surface area contributed by atoms with Crippen LogP contribution in [0.1, 0.15) is 53.6 Å². The van der Waals surface area contributed by atoms with E-state index in [-0.39, 0.29) is 17.6 Å². The Morgan fingerprint density at radius 2 is 1.55 bits per heavy atom. The summed E-state index contributed by atoms with van der Waals surface area (Å²) in [6.07, 6.45) is 3.14. The van der Waals surface area contributed by atoms with Crippen LogP contribution in [0.3, 0.4) is 0 Å². The zero-order valence-corrected chi connectivity index (χ0v) is 25.4. The van der Waals surface area contributed by atoms with Gasteiger partial charge >= 0.3 is 0 Å². The first-order chi connectivity index (χ1) is 20.4. The van der Waals surface area contributed by atoms with E-state index in [0.717, 1.165) is 60.3 Å². The Morgan fingerprint density at radius 1 is 0.857 bits per heavy atom. The van der Waals surface area contributed by atoms with E-state index in [1.807, 2.05) is 60.7 Å². The minimum atomic E-state index is -0.125. The quantitative estimate of drug-likeness (QED) is 0.186. The number of Topliss-reactive ketones (excluding diaryl/α,β-unsaturated/α-hetero) is 1. The first-order valence-corrected chi connectivity index (χ1v) is 15.4. The summed E-state index contributed by atoms with van der Waals surface area (Å²) >= 11 is 12.4. The third-order valence-corrected chi connectivity index (χ3v) is 8.86. The summed E-state index contributed by atoms with van der Waals surface area (Å²) in [6.45, 7) is 4.57. The van der Waals surface area contributed by atoms with Gasteiger partial charge in [-0.1, -0.05) is 103 Å². The van der Waals surface area contributed by atoms with E-state index in [2.05, 4.69) is 41.4 Å². The monoisotopic (exact) mass is 598 g/mol. The molecule has 1 atom stereocenters. The summed E-state index contributed by atoms with van der Waals surface area (Å²) in [6, 6.07) is 31.5. The van der Waals surface area contributed by atoms with Crippen molar-refractivity contribution in [3.63, 3.8) is 0 Å². The van der Waals surface area contributed by atoms with Crippen LogP contribution in [-0.2, 0) is 11.2 Å². The highest BCUT2D eigenvalue weighted by molar-refractivity contribution is 6.42. The maximum Gasteiger partial charge on any atom is 0.227 e. The Kier molecular flexibility index (Phi) is 9.99. The Balaban J connectivity index is 1.23. The van der Waals surface area contributed by atoms with Crippen LogP contribution in [0, 0.1) is 5.92 Å². The van der Waals surface area contributed by atoms with Gasteiger partial charge in [0.1, 0.15) is 0 Å². The molecular weight excluding hydrogens is 563 g/mol. The maximum atomic E-state index is 13.4.